The minimum atomic E-state index is 0.522. The third kappa shape index (κ3) is 2.67. The third-order valence-electron chi connectivity index (χ3n) is 3.41. The van der Waals surface area contributed by atoms with Crippen molar-refractivity contribution in [1.82, 2.24) is 9.55 Å². The van der Waals surface area contributed by atoms with Gasteiger partial charge in [0.2, 0.25) is 0 Å². The van der Waals surface area contributed by atoms with Crippen molar-refractivity contribution in [2.45, 2.75) is 19.9 Å². The number of para-hydroxylation sites is 1. The zero-order chi connectivity index (χ0) is 14.8. The van der Waals surface area contributed by atoms with Crippen LogP contribution in [0.1, 0.15) is 21.1 Å². The molecule has 3 aromatic rings. The number of thiophene rings is 1. The molecule has 0 atom stereocenters. The Hall–Kier alpha value is -1.83. The van der Waals surface area contributed by atoms with Crippen LogP contribution < -0.4 is 0 Å². The first kappa shape index (κ1) is 14.1. The Morgan fingerprint density at radius 1 is 1.33 bits per heavy atom. The van der Waals surface area contributed by atoms with Gasteiger partial charge in [-0.1, -0.05) is 6.07 Å². The molecular weight excluding hydrogens is 302 g/mol. The number of nitriles is 1. The van der Waals surface area contributed by atoms with Gasteiger partial charge in [0.1, 0.15) is 17.4 Å². The number of aromatic nitrogens is 2. The summed E-state index contributed by atoms with van der Waals surface area (Å²) >= 11 is 7.69. The zero-order valence-corrected chi connectivity index (χ0v) is 13.2. The van der Waals surface area contributed by atoms with Crippen LogP contribution in [-0.2, 0) is 13.0 Å². The molecule has 106 valence electrons. The van der Waals surface area contributed by atoms with Gasteiger partial charge in [-0.25, -0.2) is 4.98 Å². The maximum absolute atomic E-state index is 9.24. The van der Waals surface area contributed by atoms with Crippen LogP contribution >= 0.6 is 22.9 Å². The van der Waals surface area contributed by atoms with Gasteiger partial charge >= 0.3 is 0 Å². The molecule has 1 aromatic carbocycles. The first-order valence-electron chi connectivity index (χ1n) is 6.72. The van der Waals surface area contributed by atoms with Crippen molar-refractivity contribution in [3.05, 3.63) is 51.5 Å². The summed E-state index contributed by atoms with van der Waals surface area (Å²) in [5.41, 5.74) is 2.39. The predicted molar refractivity (Wildman–Crippen MR) is 87.0 cm³/mol. The summed E-state index contributed by atoms with van der Waals surface area (Å²) < 4.78 is 2.17. The van der Waals surface area contributed by atoms with Gasteiger partial charge in [0, 0.05) is 22.1 Å². The van der Waals surface area contributed by atoms with Gasteiger partial charge in [0.25, 0.3) is 0 Å². The summed E-state index contributed by atoms with van der Waals surface area (Å²) in [5, 5.41) is 9.24. The predicted octanol–water partition coefficient (Wildman–Crippen LogP) is 4.11. The van der Waals surface area contributed by atoms with E-state index >= 15 is 0 Å². The van der Waals surface area contributed by atoms with Crippen molar-refractivity contribution < 1.29 is 0 Å². The van der Waals surface area contributed by atoms with Crippen LogP contribution in [0.5, 0.6) is 0 Å². The van der Waals surface area contributed by atoms with Crippen LogP contribution in [0.15, 0.2) is 30.3 Å². The average Bonchev–Trinajstić information content (AvgIpc) is 3.04. The number of fused-ring (bicyclic) bond motifs is 1. The van der Waals surface area contributed by atoms with E-state index in [0.29, 0.717) is 17.9 Å². The van der Waals surface area contributed by atoms with Gasteiger partial charge < -0.3 is 4.57 Å². The van der Waals surface area contributed by atoms with Crippen LogP contribution in [0.2, 0.25) is 0 Å². The first-order chi connectivity index (χ1) is 10.2. The van der Waals surface area contributed by atoms with Gasteiger partial charge in [-0.15, -0.1) is 22.9 Å². The van der Waals surface area contributed by atoms with Crippen LogP contribution in [0.3, 0.4) is 0 Å². The van der Waals surface area contributed by atoms with Crippen molar-refractivity contribution in [2.75, 3.05) is 5.88 Å². The normalized spacial score (nSPS) is 10.9. The molecule has 3 nitrogen and oxygen atoms in total. The van der Waals surface area contributed by atoms with E-state index in [-0.39, 0.29) is 0 Å². The van der Waals surface area contributed by atoms with E-state index in [0.717, 1.165) is 23.4 Å². The van der Waals surface area contributed by atoms with E-state index in [9.17, 15) is 5.26 Å². The van der Waals surface area contributed by atoms with Crippen LogP contribution in [0.25, 0.3) is 11.0 Å². The molecule has 0 spiro atoms. The number of nitrogens with zero attached hydrogens (tertiary/aromatic N) is 3. The molecule has 0 aliphatic rings. The lowest BCUT2D eigenvalue weighted by atomic mass is 10.2. The summed E-state index contributed by atoms with van der Waals surface area (Å²) in [5.74, 6) is 1.46. The topological polar surface area (TPSA) is 41.6 Å². The van der Waals surface area contributed by atoms with Crippen molar-refractivity contribution in [3.8, 4) is 6.07 Å². The quantitative estimate of drug-likeness (QED) is 0.680. The Morgan fingerprint density at radius 3 is 2.86 bits per heavy atom. The van der Waals surface area contributed by atoms with E-state index in [4.69, 9.17) is 11.6 Å². The molecule has 0 fully saturated rings. The second kappa shape index (κ2) is 5.88. The van der Waals surface area contributed by atoms with Crippen LogP contribution in [0.4, 0.5) is 0 Å². The number of hydrogen-bond acceptors (Lipinski definition) is 3. The second-order valence-corrected chi connectivity index (χ2v) is 6.60. The Balaban J connectivity index is 2.14. The number of alkyl halides is 1. The fourth-order valence-corrected chi connectivity index (χ4v) is 3.51. The SMILES string of the molecule is Cc1ccc(Cn2c(CCCl)nc3c(C#N)cccc32)s1. The zero-order valence-electron chi connectivity index (χ0n) is 11.6. The molecule has 0 aliphatic heterocycles. The molecule has 5 heteroatoms. The number of aryl methyl sites for hydroxylation is 2. The highest BCUT2D eigenvalue weighted by Crippen LogP contribution is 2.24. The number of benzene rings is 1. The molecule has 0 bridgehead atoms. The number of hydrogen-bond donors (Lipinski definition) is 0. The highest BCUT2D eigenvalue weighted by Gasteiger charge is 2.14. The van der Waals surface area contributed by atoms with Crippen molar-refractivity contribution in [1.29, 1.82) is 5.26 Å². The van der Waals surface area contributed by atoms with Crippen LogP contribution in [0, 0.1) is 18.3 Å². The molecule has 0 saturated heterocycles. The van der Waals surface area contributed by atoms with Gasteiger partial charge in [0.05, 0.1) is 17.6 Å². The smallest absolute Gasteiger partial charge is 0.111 e. The molecule has 0 aliphatic carbocycles. The van der Waals surface area contributed by atoms with Gasteiger partial charge in [-0.3, -0.25) is 0 Å². The molecule has 0 saturated carbocycles. The molecule has 2 aromatic heterocycles. The van der Waals surface area contributed by atoms with Gasteiger partial charge in [-0.2, -0.15) is 5.26 Å². The van der Waals surface area contributed by atoms with E-state index in [1.807, 2.05) is 12.1 Å². The molecule has 0 N–H and O–H groups in total. The van der Waals surface area contributed by atoms with Gasteiger partial charge in [0.15, 0.2) is 0 Å². The maximum Gasteiger partial charge on any atom is 0.111 e. The molecule has 3 rings (SSSR count). The largest absolute Gasteiger partial charge is 0.323 e. The first-order valence-corrected chi connectivity index (χ1v) is 8.07. The Morgan fingerprint density at radius 2 is 2.19 bits per heavy atom. The van der Waals surface area contributed by atoms with Crippen LogP contribution in [-0.4, -0.2) is 15.4 Å². The Kier molecular flexibility index (Phi) is 3.96. The molecule has 0 radical (unpaired) electrons. The second-order valence-electron chi connectivity index (χ2n) is 4.85. The lowest BCUT2D eigenvalue weighted by molar-refractivity contribution is 0.763. The fraction of sp³-hybridized carbons (Fsp3) is 0.250. The third-order valence-corrected chi connectivity index (χ3v) is 4.58. The van der Waals surface area contributed by atoms with Crippen molar-refractivity contribution in [2.24, 2.45) is 0 Å². The Labute approximate surface area is 132 Å². The van der Waals surface area contributed by atoms with E-state index < -0.39 is 0 Å². The Bertz CT molecular complexity index is 826. The highest BCUT2D eigenvalue weighted by atomic mass is 35.5. The van der Waals surface area contributed by atoms with E-state index in [1.165, 1.54) is 9.75 Å². The minimum Gasteiger partial charge on any atom is -0.323 e. The lowest BCUT2D eigenvalue weighted by Gasteiger charge is -2.07. The summed E-state index contributed by atoms with van der Waals surface area (Å²) in [6, 6.07) is 12.2. The monoisotopic (exact) mass is 315 g/mol. The number of rotatable bonds is 4. The molecule has 0 unspecified atom stereocenters. The highest BCUT2D eigenvalue weighted by molar-refractivity contribution is 7.11. The molecular formula is C16H14ClN3S. The standard InChI is InChI=1S/C16H14ClN3S/c1-11-5-6-13(21-11)10-20-14-4-2-3-12(9-18)16(14)19-15(20)7-8-17/h2-6H,7-8,10H2,1H3. The molecule has 2 heterocycles. The fourth-order valence-electron chi connectivity index (χ4n) is 2.46. The number of halogens is 1. The summed E-state index contributed by atoms with van der Waals surface area (Å²) in [6.07, 6.45) is 0.700. The minimum absolute atomic E-state index is 0.522. The summed E-state index contributed by atoms with van der Waals surface area (Å²) in [6.45, 7) is 2.88. The molecule has 0 amide bonds. The summed E-state index contributed by atoms with van der Waals surface area (Å²) in [7, 11) is 0. The molecule has 21 heavy (non-hydrogen) atoms. The average molecular weight is 316 g/mol. The van der Waals surface area contributed by atoms with E-state index in [2.05, 4.69) is 34.7 Å². The van der Waals surface area contributed by atoms with Crippen molar-refractivity contribution >= 4 is 34.0 Å². The van der Waals surface area contributed by atoms with Crippen molar-refractivity contribution in [3.63, 3.8) is 0 Å². The van der Waals surface area contributed by atoms with Gasteiger partial charge in [-0.05, 0) is 31.2 Å². The summed E-state index contributed by atoms with van der Waals surface area (Å²) in [4.78, 5) is 7.22. The maximum atomic E-state index is 9.24. The lowest BCUT2D eigenvalue weighted by Crippen LogP contribution is -2.04. The van der Waals surface area contributed by atoms with E-state index in [1.54, 1.807) is 17.4 Å². The number of imidazole rings is 1.